The van der Waals surface area contributed by atoms with E-state index in [9.17, 15) is 0 Å². The highest BCUT2D eigenvalue weighted by Crippen LogP contribution is 2.31. The molecule has 104 valence electrons. The summed E-state index contributed by atoms with van der Waals surface area (Å²) in [5.41, 5.74) is 8.83. The molecule has 0 aromatic heterocycles. The van der Waals surface area contributed by atoms with E-state index >= 15 is 0 Å². The quantitative estimate of drug-likeness (QED) is 0.909. The molecule has 0 saturated carbocycles. The van der Waals surface area contributed by atoms with Crippen molar-refractivity contribution in [1.29, 1.82) is 0 Å². The van der Waals surface area contributed by atoms with Crippen LogP contribution in [0.5, 0.6) is 5.75 Å². The Morgan fingerprint density at radius 3 is 3.00 bits per heavy atom. The van der Waals surface area contributed by atoms with Gasteiger partial charge in [-0.2, -0.15) is 0 Å². The van der Waals surface area contributed by atoms with Crippen molar-refractivity contribution < 1.29 is 9.47 Å². The third-order valence-corrected chi connectivity index (χ3v) is 4.23. The normalized spacial score (nSPS) is 30.1. The fraction of sp³-hybridized carbons (Fsp3) is 0.625. The van der Waals surface area contributed by atoms with E-state index in [0.29, 0.717) is 12.7 Å². The summed E-state index contributed by atoms with van der Waals surface area (Å²) in [6, 6.07) is 6.53. The second kappa shape index (κ2) is 5.51. The van der Waals surface area contributed by atoms with E-state index in [2.05, 4.69) is 25.1 Å². The van der Waals surface area contributed by atoms with Gasteiger partial charge in [-0.3, -0.25) is 0 Å². The van der Waals surface area contributed by atoms with Gasteiger partial charge in [0.05, 0.1) is 12.2 Å². The van der Waals surface area contributed by atoms with Crippen molar-refractivity contribution in [3.05, 3.63) is 29.3 Å². The lowest BCUT2D eigenvalue weighted by Crippen LogP contribution is -2.19. The molecule has 3 heteroatoms. The number of hydrogen-bond acceptors (Lipinski definition) is 3. The Hall–Kier alpha value is -1.06. The fourth-order valence-corrected chi connectivity index (χ4v) is 3.10. The molecule has 2 aliphatic rings. The summed E-state index contributed by atoms with van der Waals surface area (Å²) >= 11 is 0. The highest BCUT2D eigenvalue weighted by molar-refractivity contribution is 5.39. The van der Waals surface area contributed by atoms with Gasteiger partial charge < -0.3 is 15.2 Å². The van der Waals surface area contributed by atoms with Crippen molar-refractivity contribution in [2.45, 2.75) is 57.3 Å². The summed E-state index contributed by atoms with van der Waals surface area (Å²) in [5, 5.41) is 0. The number of ether oxygens (including phenoxy) is 2. The number of rotatable bonds is 3. The first-order valence-corrected chi connectivity index (χ1v) is 7.39. The molecule has 2 unspecified atom stereocenters. The van der Waals surface area contributed by atoms with Crippen LogP contribution < -0.4 is 10.5 Å². The van der Waals surface area contributed by atoms with Crippen LogP contribution in [0.1, 0.15) is 49.8 Å². The van der Waals surface area contributed by atoms with Gasteiger partial charge in [-0.25, -0.2) is 0 Å². The van der Waals surface area contributed by atoms with Gasteiger partial charge in [0.15, 0.2) is 0 Å². The minimum absolute atomic E-state index is 0.176. The molecule has 1 aliphatic carbocycles. The Kier molecular flexibility index (Phi) is 3.76. The molecular formula is C16H23NO2. The number of nitrogens with two attached hydrogens (primary N) is 1. The maximum absolute atomic E-state index is 6.17. The van der Waals surface area contributed by atoms with Crippen molar-refractivity contribution >= 4 is 0 Å². The van der Waals surface area contributed by atoms with E-state index in [0.717, 1.165) is 31.4 Å². The lowest BCUT2D eigenvalue weighted by Gasteiger charge is -2.23. The minimum Gasteiger partial charge on any atom is -0.491 e. The van der Waals surface area contributed by atoms with Crippen molar-refractivity contribution in [2.24, 2.45) is 5.73 Å². The predicted octanol–water partition coefficient (Wildman–Crippen LogP) is 2.97. The van der Waals surface area contributed by atoms with Crippen LogP contribution in [-0.4, -0.2) is 18.8 Å². The lowest BCUT2D eigenvalue weighted by atomic mass is 9.88. The average molecular weight is 261 g/mol. The largest absolute Gasteiger partial charge is 0.491 e. The number of aryl methyl sites for hydroxylation is 1. The summed E-state index contributed by atoms with van der Waals surface area (Å²) in [5.74, 6) is 0.930. The van der Waals surface area contributed by atoms with Gasteiger partial charge in [-0.1, -0.05) is 6.07 Å². The highest BCUT2D eigenvalue weighted by Gasteiger charge is 2.22. The molecule has 0 amide bonds. The molecule has 1 fully saturated rings. The summed E-state index contributed by atoms with van der Waals surface area (Å²) < 4.78 is 11.6. The smallest absolute Gasteiger partial charge is 0.119 e. The third-order valence-electron chi connectivity index (χ3n) is 4.23. The van der Waals surface area contributed by atoms with Crippen LogP contribution in [0.4, 0.5) is 0 Å². The first-order valence-electron chi connectivity index (χ1n) is 7.39. The molecule has 1 aliphatic heterocycles. The van der Waals surface area contributed by atoms with Crippen LogP contribution in [0.3, 0.4) is 0 Å². The molecule has 1 heterocycles. The summed E-state index contributed by atoms with van der Waals surface area (Å²) in [7, 11) is 0. The van der Waals surface area contributed by atoms with Crippen molar-refractivity contribution in [3.63, 3.8) is 0 Å². The van der Waals surface area contributed by atoms with E-state index in [4.69, 9.17) is 15.2 Å². The van der Waals surface area contributed by atoms with E-state index in [1.54, 1.807) is 0 Å². The summed E-state index contributed by atoms with van der Waals surface area (Å²) in [4.78, 5) is 0. The van der Waals surface area contributed by atoms with Crippen molar-refractivity contribution in [2.75, 3.05) is 6.61 Å². The molecule has 0 radical (unpaired) electrons. The molecule has 3 atom stereocenters. The average Bonchev–Trinajstić information content (AvgIpc) is 2.83. The van der Waals surface area contributed by atoms with E-state index in [1.807, 2.05) is 0 Å². The molecule has 3 rings (SSSR count). The van der Waals surface area contributed by atoms with Crippen LogP contribution in [0.15, 0.2) is 18.2 Å². The minimum atomic E-state index is 0.176. The Morgan fingerprint density at radius 1 is 1.32 bits per heavy atom. The molecule has 1 aromatic rings. The van der Waals surface area contributed by atoms with Crippen LogP contribution in [0, 0.1) is 0 Å². The molecular weight excluding hydrogens is 238 g/mol. The first-order chi connectivity index (χ1) is 9.22. The molecule has 19 heavy (non-hydrogen) atoms. The van der Waals surface area contributed by atoms with Gasteiger partial charge in [0.25, 0.3) is 0 Å². The topological polar surface area (TPSA) is 44.5 Å². The highest BCUT2D eigenvalue weighted by atomic mass is 16.5. The lowest BCUT2D eigenvalue weighted by molar-refractivity contribution is 0.0264. The van der Waals surface area contributed by atoms with Crippen LogP contribution in [-0.2, 0) is 11.2 Å². The Labute approximate surface area is 115 Å². The van der Waals surface area contributed by atoms with Crippen molar-refractivity contribution in [1.82, 2.24) is 0 Å². The standard InChI is InChI=1S/C16H23NO2/c1-11-5-7-14(19-11)10-18-13-8-6-12-3-2-4-16(17)15(12)9-13/h6,8-9,11,14,16H,2-5,7,10,17H2,1H3/t11?,14?,16-/m1/s1. The van der Waals surface area contributed by atoms with Crippen molar-refractivity contribution in [3.8, 4) is 5.75 Å². The summed E-state index contributed by atoms with van der Waals surface area (Å²) in [6.45, 7) is 2.77. The molecule has 0 spiro atoms. The van der Waals surface area contributed by atoms with E-state index in [1.165, 1.54) is 17.5 Å². The first kappa shape index (κ1) is 12.9. The fourth-order valence-electron chi connectivity index (χ4n) is 3.10. The maximum Gasteiger partial charge on any atom is 0.119 e. The number of fused-ring (bicyclic) bond motifs is 1. The van der Waals surface area contributed by atoms with Crippen LogP contribution >= 0.6 is 0 Å². The van der Waals surface area contributed by atoms with Gasteiger partial charge in [0, 0.05) is 6.04 Å². The van der Waals surface area contributed by atoms with E-state index in [-0.39, 0.29) is 12.1 Å². The van der Waals surface area contributed by atoms with Gasteiger partial charge >= 0.3 is 0 Å². The van der Waals surface area contributed by atoms with E-state index < -0.39 is 0 Å². The Bertz CT molecular complexity index is 446. The van der Waals surface area contributed by atoms with Gasteiger partial charge in [0.1, 0.15) is 12.4 Å². The maximum atomic E-state index is 6.17. The van der Waals surface area contributed by atoms with Crippen LogP contribution in [0.25, 0.3) is 0 Å². The molecule has 1 aromatic carbocycles. The zero-order valence-corrected chi connectivity index (χ0v) is 11.6. The second-order valence-electron chi connectivity index (χ2n) is 5.82. The molecule has 1 saturated heterocycles. The SMILES string of the molecule is CC1CCC(COc2ccc3c(c2)[C@H](N)CCC3)O1. The Balaban J connectivity index is 1.63. The van der Waals surface area contributed by atoms with Gasteiger partial charge in [0.2, 0.25) is 0 Å². The third kappa shape index (κ3) is 2.93. The molecule has 3 nitrogen and oxygen atoms in total. The zero-order chi connectivity index (χ0) is 13.2. The zero-order valence-electron chi connectivity index (χ0n) is 11.6. The molecule has 2 N–H and O–H groups in total. The predicted molar refractivity (Wildman–Crippen MR) is 75.4 cm³/mol. The number of hydrogen-bond donors (Lipinski definition) is 1. The monoisotopic (exact) mass is 261 g/mol. The van der Waals surface area contributed by atoms with Gasteiger partial charge in [-0.05, 0) is 62.3 Å². The second-order valence-corrected chi connectivity index (χ2v) is 5.82. The number of benzene rings is 1. The molecule has 0 bridgehead atoms. The summed E-state index contributed by atoms with van der Waals surface area (Å²) in [6.07, 6.45) is 6.30. The Morgan fingerprint density at radius 2 is 2.21 bits per heavy atom. The van der Waals surface area contributed by atoms with Gasteiger partial charge in [-0.15, -0.1) is 0 Å². The van der Waals surface area contributed by atoms with Crippen LogP contribution in [0.2, 0.25) is 0 Å².